The highest BCUT2D eigenvalue weighted by Crippen LogP contribution is 2.34. The van der Waals surface area contributed by atoms with Crippen molar-refractivity contribution in [1.82, 2.24) is 14.5 Å². The number of rotatable bonds is 12. The Labute approximate surface area is 236 Å². The van der Waals surface area contributed by atoms with Crippen LogP contribution in [0.25, 0.3) is 22.4 Å². The quantitative estimate of drug-likeness (QED) is 0.145. The summed E-state index contributed by atoms with van der Waals surface area (Å²) in [6.45, 7) is 7.29. The van der Waals surface area contributed by atoms with Gasteiger partial charge in [0, 0.05) is 38.4 Å². The molecule has 0 atom stereocenters. The summed E-state index contributed by atoms with van der Waals surface area (Å²) >= 11 is 6.45. The van der Waals surface area contributed by atoms with Gasteiger partial charge in [-0.15, -0.1) is 0 Å². The van der Waals surface area contributed by atoms with Gasteiger partial charge in [0.2, 0.25) is 0 Å². The van der Waals surface area contributed by atoms with E-state index in [-0.39, 0.29) is 35.4 Å². The predicted molar refractivity (Wildman–Crippen MR) is 152 cm³/mol. The molecule has 0 aliphatic carbocycles. The molecular weight excluding hydrogens is 562 g/mol. The summed E-state index contributed by atoms with van der Waals surface area (Å²) in [6, 6.07) is 9.31. The van der Waals surface area contributed by atoms with Crippen molar-refractivity contribution < 1.29 is 27.4 Å². The second-order valence-corrected chi connectivity index (χ2v) is 16.3. The van der Waals surface area contributed by atoms with Gasteiger partial charge in [0.05, 0.1) is 31.1 Å². The molecule has 0 bridgehead atoms. The van der Waals surface area contributed by atoms with Crippen molar-refractivity contribution in [2.24, 2.45) is 0 Å². The maximum absolute atomic E-state index is 13.8. The lowest BCUT2D eigenvalue weighted by Crippen LogP contribution is -2.23. The normalized spacial score (nSPS) is 11.8. The summed E-state index contributed by atoms with van der Waals surface area (Å²) in [6.07, 6.45) is -1.66. The van der Waals surface area contributed by atoms with Gasteiger partial charge < -0.3 is 23.9 Å². The minimum absolute atomic E-state index is 0.0357. The van der Waals surface area contributed by atoms with E-state index in [1.165, 1.54) is 25.0 Å². The van der Waals surface area contributed by atoms with Crippen LogP contribution in [0.2, 0.25) is 30.7 Å². The number of aromatic nitrogens is 3. The highest BCUT2D eigenvalue weighted by atomic mass is 35.5. The molecule has 0 aliphatic heterocycles. The molecule has 0 fully saturated rings. The molecule has 0 aliphatic rings. The molecule has 0 radical (unpaired) electrons. The first kappa shape index (κ1) is 29.5. The number of nitrogens with one attached hydrogen (secondary N) is 1. The number of fused-ring (bicyclic) bond motifs is 1. The molecule has 4 aromatic rings. The lowest BCUT2D eigenvalue weighted by Gasteiger charge is -2.15. The number of benzene rings is 2. The summed E-state index contributed by atoms with van der Waals surface area (Å²) in [7, 11) is 1.73. The van der Waals surface area contributed by atoms with Crippen LogP contribution in [0.5, 0.6) is 11.5 Å². The Morgan fingerprint density at radius 3 is 2.60 bits per heavy atom. The fourth-order valence-corrected chi connectivity index (χ4v) is 4.99. The number of ether oxygens (including phenoxy) is 3. The molecule has 13 heteroatoms. The number of halogens is 3. The summed E-state index contributed by atoms with van der Waals surface area (Å²) < 4.78 is 50.9. The molecule has 214 valence electrons. The molecule has 2 aromatic carbocycles. The predicted octanol–water partition coefficient (Wildman–Crippen LogP) is 6.58. The van der Waals surface area contributed by atoms with Crippen molar-refractivity contribution in [3.05, 3.63) is 63.4 Å². The first-order valence-corrected chi connectivity index (χ1v) is 16.6. The number of nitrogens with zero attached hydrogens (tertiary/aromatic N) is 3. The third kappa shape index (κ3) is 6.62. The fraction of sp³-hybridized carbons (Fsp3) is 0.370. The van der Waals surface area contributed by atoms with Crippen molar-refractivity contribution >= 4 is 36.6 Å². The molecule has 0 spiro atoms. The number of hydrogen-bond donors (Lipinski definition) is 1. The van der Waals surface area contributed by atoms with Gasteiger partial charge in [-0.2, -0.15) is 0 Å². The molecule has 0 saturated carbocycles. The van der Waals surface area contributed by atoms with E-state index in [1.807, 2.05) is 0 Å². The lowest BCUT2D eigenvalue weighted by molar-refractivity contribution is 0.0850. The second kappa shape index (κ2) is 12.4. The largest absolute Gasteiger partial charge is 0.497 e. The highest BCUT2D eigenvalue weighted by Gasteiger charge is 2.22. The van der Waals surface area contributed by atoms with Crippen LogP contribution in [0.1, 0.15) is 17.7 Å². The molecule has 2 heterocycles. The number of hydrogen-bond acceptors (Lipinski definition) is 8. The zero-order chi connectivity index (χ0) is 29.0. The first-order chi connectivity index (χ1) is 19.0. The van der Waals surface area contributed by atoms with Gasteiger partial charge in [-0.1, -0.05) is 31.2 Å². The zero-order valence-corrected chi connectivity index (χ0v) is 24.6. The second-order valence-electron chi connectivity index (χ2n) is 10.2. The highest BCUT2D eigenvalue weighted by molar-refractivity contribution is 6.76. The Morgan fingerprint density at radius 1 is 1.15 bits per heavy atom. The van der Waals surface area contributed by atoms with E-state index < -0.39 is 25.9 Å². The average Bonchev–Trinajstić information content (AvgIpc) is 3.25. The van der Waals surface area contributed by atoms with E-state index >= 15 is 0 Å². The molecule has 0 amide bonds. The van der Waals surface area contributed by atoms with Crippen LogP contribution in [-0.2, 0) is 18.0 Å². The molecule has 40 heavy (non-hydrogen) atoms. The molecule has 1 N–H and O–H groups in total. The van der Waals surface area contributed by atoms with Gasteiger partial charge in [0.15, 0.2) is 11.4 Å². The van der Waals surface area contributed by atoms with Crippen molar-refractivity contribution in [2.45, 2.75) is 45.4 Å². The monoisotopic (exact) mass is 592 g/mol. The summed E-state index contributed by atoms with van der Waals surface area (Å²) in [4.78, 5) is 21.1. The maximum atomic E-state index is 13.8. The summed E-state index contributed by atoms with van der Waals surface area (Å²) in [5, 5.41) is 3.22. The van der Waals surface area contributed by atoms with Gasteiger partial charge in [0.1, 0.15) is 29.4 Å². The molecule has 9 nitrogen and oxygen atoms in total. The van der Waals surface area contributed by atoms with Crippen LogP contribution in [0.4, 0.5) is 14.6 Å². The van der Waals surface area contributed by atoms with Gasteiger partial charge in [-0.25, -0.2) is 28.1 Å². The Hall–Kier alpha value is -3.48. The van der Waals surface area contributed by atoms with Crippen LogP contribution in [0.15, 0.2) is 45.7 Å². The molecule has 0 saturated heterocycles. The number of anilines is 1. The maximum Gasteiger partial charge on any atom is 0.421 e. The molecule has 4 rings (SSSR count). The van der Waals surface area contributed by atoms with E-state index in [2.05, 4.69) is 34.9 Å². The van der Waals surface area contributed by atoms with E-state index in [0.29, 0.717) is 34.7 Å². The standard InChI is InChI=1S/C27H31ClF2N4O5Si/c1-36-17-7-6-16(21(12-17)37-2)13-32-26-22(25(29)30)31-14-20(33-26)18-8-9-19(28)23-24(18)39-27(35)34(23)15-38-10-11-40(3,4)5/h6-9,12,14,25H,10-11,13,15H2,1-5H3,(H,32,33). The number of methoxy groups -OCH3 is 2. The lowest BCUT2D eigenvalue weighted by atomic mass is 10.1. The Kier molecular flexibility index (Phi) is 9.11. The van der Waals surface area contributed by atoms with Gasteiger partial charge in [-0.3, -0.25) is 0 Å². The van der Waals surface area contributed by atoms with Gasteiger partial charge in [-0.05, 0) is 30.3 Å². The molecular formula is C27H31ClF2N4O5Si. The Morgan fingerprint density at radius 2 is 1.93 bits per heavy atom. The minimum atomic E-state index is -2.88. The Balaban J connectivity index is 1.67. The SMILES string of the molecule is COc1ccc(CNc2nc(-c3ccc(Cl)c4c3oc(=O)n4COCC[Si](C)(C)C)cnc2C(F)F)c(OC)c1. The van der Waals surface area contributed by atoms with Crippen LogP contribution < -0.4 is 20.5 Å². The molecule has 0 unspecified atom stereocenters. The van der Waals surface area contributed by atoms with Crippen molar-refractivity contribution in [2.75, 3.05) is 26.1 Å². The van der Waals surface area contributed by atoms with E-state index in [4.69, 9.17) is 30.2 Å². The third-order valence-electron chi connectivity index (χ3n) is 6.20. The third-order valence-corrected chi connectivity index (χ3v) is 8.21. The topological polar surface area (TPSA) is 101 Å². The molecule has 2 aromatic heterocycles. The fourth-order valence-electron chi connectivity index (χ4n) is 3.98. The Bertz CT molecular complexity index is 1550. The number of oxazole rings is 1. The van der Waals surface area contributed by atoms with Gasteiger partial charge in [0.25, 0.3) is 6.43 Å². The van der Waals surface area contributed by atoms with Gasteiger partial charge >= 0.3 is 5.76 Å². The minimum Gasteiger partial charge on any atom is -0.497 e. The van der Waals surface area contributed by atoms with Crippen LogP contribution in [0.3, 0.4) is 0 Å². The zero-order valence-electron chi connectivity index (χ0n) is 22.9. The number of alkyl halides is 2. The smallest absolute Gasteiger partial charge is 0.421 e. The van der Waals surface area contributed by atoms with E-state index in [0.717, 1.165) is 6.04 Å². The van der Waals surface area contributed by atoms with Crippen molar-refractivity contribution in [3.8, 4) is 22.8 Å². The average molecular weight is 593 g/mol. The van der Waals surface area contributed by atoms with Crippen molar-refractivity contribution in [3.63, 3.8) is 0 Å². The van der Waals surface area contributed by atoms with E-state index in [1.54, 1.807) is 30.3 Å². The van der Waals surface area contributed by atoms with Crippen molar-refractivity contribution in [1.29, 1.82) is 0 Å². The summed E-state index contributed by atoms with van der Waals surface area (Å²) in [5.74, 6) is 0.339. The van der Waals surface area contributed by atoms with E-state index in [9.17, 15) is 13.6 Å². The van der Waals surface area contributed by atoms with Crippen LogP contribution in [-0.4, -0.2) is 43.4 Å². The van der Waals surface area contributed by atoms with Crippen LogP contribution in [0, 0.1) is 0 Å². The van der Waals surface area contributed by atoms with Crippen LogP contribution >= 0.6 is 11.6 Å². The first-order valence-electron chi connectivity index (χ1n) is 12.5. The summed E-state index contributed by atoms with van der Waals surface area (Å²) in [5.41, 5.74) is 1.26.